The molecule has 2 aromatic rings. The summed E-state index contributed by atoms with van der Waals surface area (Å²) in [6.07, 6.45) is 0. The number of amides is 1. The van der Waals surface area contributed by atoms with Gasteiger partial charge < -0.3 is 5.32 Å². The summed E-state index contributed by atoms with van der Waals surface area (Å²) in [5.41, 5.74) is 2.97. The van der Waals surface area contributed by atoms with Crippen LogP contribution in [0.15, 0.2) is 47.4 Å². The maximum atomic E-state index is 13.6. The smallest absolute Gasteiger partial charge is 0.237 e. The van der Waals surface area contributed by atoms with E-state index in [1.807, 2.05) is 32.0 Å². The van der Waals surface area contributed by atoms with Crippen molar-refractivity contribution in [3.63, 3.8) is 0 Å². The zero-order valence-corrected chi connectivity index (χ0v) is 13.1. The number of carbonyl (C=O) groups excluding carboxylic acids is 1. The van der Waals surface area contributed by atoms with Crippen molar-refractivity contribution in [1.29, 1.82) is 0 Å². The number of anilines is 1. The Morgan fingerprint density at radius 2 is 1.90 bits per heavy atom. The lowest BCUT2D eigenvalue weighted by atomic mass is 10.1. The molecule has 4 heteroatoms. The molecule has 1 N–H and O–H groups in total. The molecular formula is C17H18FNOS. The summed E-state index contributed by atoms with van der Waals surface area (Å²) in [7, 11) is 0. The van der Waals surface area contributed by atoms with E-state index in [1.165, 1.54) is 17.8 Å². The van der Waals surface area contributed by atoms with Crippen molar-refractivity contribution in [3.05, 3.63) is 59.4 Å². The first-order valence-corrected chi connectivity index (χ1v) is 7.64. The molecule has 0 spiro atoms. The van der Waals surface area contributed by atoms with Crippen LogP contribution in [0.1, 0.15) is 18.1 Å². The minimum atomic E-state index is -0.373. The number of benzene rings is 2. The van der Waals surface area contributed by atoms with Gasteiger partial charge in [-0.15, -0.1) is 11.8 Å². The standard InChI is InChI=1S/C17H18FNOS/c1-11-8-9-15(12(2)10-11)19-17(20)13(3)21-16-7-5-4-6-14(16)18/h4-10,13H,1-3H3,(H,19,20)/t13-/m0/s1. The molecule has 110 valence electrons. The minimum absolute atomic E-state index is 0.129. The van der Waals surface area contributed by atoms with Crippen LogP contribution in [0.25, 0.3) is 0 Å². The van der Waals surface area contributed by atoms with Gasteiger partial charge in [0.15, 0.2) is 0 Å². The fourth-order valence-corrected chi connectivity index (χ4v) is 2.86. The van der Waals surface area contributed by atoms with Crippen LogP contribution in [0.2, 0.25) is 0 Å². The summed E-state index contributed by atoms with van der Waals surface area (Å²) in [4.78, 5) is 12.7. The van der Waals surface area contributed by atoms with E-state index >= 15 is 0 Å². The van der Waals surface area contributed by atoms with Gasteiger partial charge in [-0.05, 0) is 44.5 Å². The van der Waals surface area contributed by atoms with E-state index < -0.39 is 0 Å². The molecule has 0 saturated heterocycles. The lowest BCUT2D eigenvalue weighted by molar-refractivity contribution is -0.115. The van der Waals surface area contributed by atoms with E-state index in [1.54, 1.807) is 25.1 Å². The predicted octanol–water partition coefficient (Wildman–Crippen LogP) is 4.56. The molecule has 0 heterocycles. The highest BCUT2D eigenvalue weighted by Crippen LogP contribution is 2.27. The lowest BCUT2D eigenvalue weighted by Gasteiger charge is -2.14. The normalized spacial score (nSPS) is 12.0. The number of hydrogen-bond donors (Lipinski definition) is 1. The average Bonchev–Trinajstić information content (AvgIpc) is 2.44. The van der Waals surface area contributed by atoms with E-state index in [9.17, 15) is 9.18 Å². The van der Waals surface area contributed by atoms with Gasteiger partial charge in [0, 0.05) is 10.6 Å². The first kappa shape index (κ1) is 15.6. The molecule has 0 unspecified atom stereocenters. The first-order valence-electron chi connectivity index (χ1n) is 6.76. The van der Waals surface area contributed by atoms with Gasteiger partial charge in [0.05, 0.1) is 5.25 Å². The molecule has 1 amide bonds. The average molecular weight is 303 g/mol. The van der Waals surface area contributed by atoms with Crippen LogP contribution in [0, 0.1) is 19.7 Å². The number of hydrogen-bond acceptors (Lipinski definition) is 2. The fraction of sp³-hybridized carbons (Fsp3) is 0.235. The quantitative estimate of drug-likeness (QED) is 0.839. The number of halogens is 1. The van der Waals surface area contributed by atoms with Crippen molar-refractivity contribution in [1.82, 2.24) is 0 Å². The SMILES string of the molecule is Cc1ccc(NC(=O)[C@H](C)Sc2ccccc2F)c(C)c1. The molecule has 21 heavy (non-hydrogen) atoms. The molecule has 0 aliphatic heterocycles. The van der Waals surface area contributed by atoms with Gasteiger partial charge in [0.1, 0.15) is 5.82 Å². The van der Waals surface area contributed by atoms with Crippen LogP contribution < -0.4 is 5.32 Å². The molecule has 0 fully saturated rings. The summed E-state index contributed by atoms with van der Waals surface area (Å²) in [6, 6.07) is 12.3. The van der Waals surface area contributed by atoms with Gasteiger partial charge >= 0.3 is 0 Å². The summed E-state index contributed by atoms with van der Waals surface area (Å²) < 4.78 is 13.6. The Bertz CT molecular complexity index is 657. The second-order valence-electron chi connectivity index (χ2n) is 5.00. The van der Waals surface area contributed by atoms with Crippen LogP contribution in [0.4, 0.5) is 10.1 Å². The number of carbonyl (C=O) groups is 1. The topological polar surface area (TPSA) is 29.1 Å². The highest BCUT2D eigenvalue weighted by atomic mass is 32.2. The Morgan fingerprint density at radius 3 is 2.57 bits per heavy atom. The molecule has 0 aliphatic rings. The highest BCUT2D eigenvalue weighted by Gasteiger charge is 2.17. The largest absolute Gasteiger partial charge is 0.325 e. The van der Waals surface area contributed by atoms with E-state index in [4.69, 9.17) is 0 Å². The first-order chi connectivity index (χ1) is 9.97. The number of thioether (sulfide) groups is 1. The maximum absolute atomic E-state index is 13.6. The predicted molar refractivity (Wildman–Crippen MR) is 86.3 cm³/mol. The summed E-state index contributed by atoms with van der Waals surface area (Å²) in [6.45, 7) is 5.74. The van der Waals surface area contributed by atoms with Crippen LogP contribution in [-0.4, -0.2) is 11.2 Å². The molecule has 0 aliphatic carbocycles. The molecule has 0 bridgehead atoms. The second kappa shape index (κ2) is 6.76. The molecule has 2 rings (SSSR count). The third-order valence-corrected chi connectivity index (χ3v) is 4.30. The monoisotopic (exact) mass is 303 g/mol. The number of aryl methyl sites for hydroxylation is 2. The lowest BCUT2D eigenvalue weighted by Crippen LogP contribution is -2.23. The van der Waals surface area contributed by atoms with Gasteiger partial charge in [-0.2, -0.15) is 0 Å². The van der Waals surface area contributed by atoms with Gasteiger partial charge in [-0.25, -0.2) is 4.39 Å². The van der Waals surface area contributed by atoms with Crippen molar-refractivity contribution in [2.45, 2.75) is 30.9 Å². The number of nitrogens with one attached hydrogen (secondary N) is 1. The van der Waals surface area contributed by atoms with Crippen molar-refractivity contribution in [2.24, 2.45) is 0 Å². The number of rotatable bonds is 4. The zero-order valence-electron chi connectivity index (χ0n) is 12.3. The Labute approximate surface area is 128 Å². The van der Waals surface area contributed by atoms with E-state index in [0.29, 0.717) is 4.90 Å². The fourth-order valence-electron chi connectivity index (χ4n) is 1.97. The summed E-state index contributed by atoms with van der Waals surface area (Å²) in [5, 5.41) is 2.52. The van der Waals surface area contributed by atoms with Crippen molar-refractivity contribution >= 4 is 23.4 Å². The molecule has 0 saturated carbocycles. The van der Waals surface area contributed by atoms with Crippen LogP contribution in [-0.2, 0) is 4.79 Å². The zero-order chi connectivity index (χ0) is 15.4. The molecule has 0 radical (unpaired) electrons. The van der Waals surface area contributed by atoms with Gasteiger partial charge in [-0.1, -0.05) is 29.8 Å². The Balaban J connectivity index is 2.04. The van der Waals surface area contributed by atoms with Crippen molar-refractivity contribution < 1.29 is 9.18 Å². The third kappa shape index (κ3) is 4.08. The van der Waals surface area contributed by atoms with Crippen molar-refractivity contribution in [2.75, 3.05) is 5.32 Å². The van der Waals surface area contributed by atoms with Crippen LogP contribution in [0.3, 0.4) is 0 Å². The molecule has 1 atom stereocenters. The molecule has 2 aromatic carbocycles. The minimum Gasteiger partial charge on any atom is -0.325 e. The molecular weight excluding hydrogens is 285 g/mol. The maximum Gasteiger partial charge on any atom is 0.237 e. The highest BCUT2D eigenvalue weighted by molar-refractivity contribution is 8.00. The van der Waals surface area contributed by atoms with E-state index in [2.05, 4.69) is 5.32 Å². The Morgan fingerprint density at radius 1 is 1.19 bits per heavy atom. The Kier molecular flexibility index (Phi) is 5.02. The molecule has 0 aromatic heterocycles. The van der Waals surface area contributed by atoms with E-state index in [-0.39, 0.29) is 17.0 Å². The summed E-state index contributed by atoms with van der Waals surface area (Å²) in [5.74, 6) is -0.427. The van der Waals surface area contributed by atoms with Gasteiger partial charge in [-0.3, -0.25) is 4.79 Å². The van der Waals surface area contributed by atoms with Crippen molar-refractivity contribution in [3.8, 4) is 0 Å². The third-order valence-electron chi connectivity index (χ3n) is 3.15. The van der Waals surface area contributed by atoms with Gasteiger partial charge in [0.25, 0.3) is 0 Å². The van der Waals surface area contributed by atoms with E-state index in [0.717, 1.165) is 16.8 Å². The van der Waals surface area contributed by atoms with Gasteiger partial charge in [0.2, 0.25) is 5.91 Å². The molecule has 2 nitrogen and oxygen atoms in total. The van der Waals surface area contributed by atoms with Crippen LogP contribution >= 0.6 is 11.8 Å². The Hall–Kier alpha value is -1.81. The second-order valence-corrected chi connectivity index (χ2v) is 6.38. The van der Waals surface area contributed by atoms with Crippen LogP contribution in [0.5, 0.6) is 0 Å². The summed E-state index contributed by atoms with van der Waals surface area (Å²) >= 11 is 1.22.